The Kier molecular flexibility index (Phi) is 5.58. The summed E-state index contributed by atoms with van der Waals surface area (Å²) in [4.78, 5) is 36.5. The number of nitrogens with two attached hydrogens (primary N) is 1. The lowest BCUT2D eigenvalue weighted by molar-refractivity contribution is -0.125. The molecule has 2 aromatic rings. The van der Waals surface area contributed by atoms with Crippen LogP contribution in [-0.2, 0) is 11.2 Å². The van der Waals surface area contributed by atoms with Gasteiger partial charge in [-0.25, -0.2) is 4.98 Å². The predicted octanol–water partition coefficient (Wildman–Crippen LogP) is 0.639. The fraction of sp³-hybridized carbons (Fsp3) is 0.368. The number of rotatable bonds is 5. The van der Waals surface area contributed by atoms with Crippen LogP contribution in [0.1, 0.15) is 21.7 Å². The van der Waals surface area contributed by atoms with Crippen LogP contribution in [0.15, 0.2) is 42.7 Å². The van der Waals surface area contributed by atoms with Crippen LogP contribution in [0.5, 0.6) is 0 Å². The van der Waals surface area contributed by atoms with Gasteiger partial charge in [0.25, 0.3) is 5.91 Å². The molecule has 0 saturated carbocycles. The third kappa shape index (κ3) is 4.23. The number of carbonyl (C=O) groups is 2. The summed E-state index contributed by atoms with van der Waals surface area (Å²) in [5, 5.41) is 0. The van der Waals surface area contributed by atoms with Gasteiger partial charge in [0.2, 0.25) is 5.91 Å². The zero-order valence-electron chi connectivity index (χ0n) is 14.8. The molecule has 1 aromatic heterocycles. The van der Waals surface area contributed by atoms with Crippen LogP contribution in [0.2, 0.25) is 0 Å². The zero-order valence-corrected chi connectivity index (χ0v) is 14.8. The molecule has 0 radical (unpaired) electrons. The molecule has 1 atom stereocenters. The van der Waals surface area contributed by atoms with Gasteiger partial charge in [0.05, 0.1) is 11.9 Å². The summed E-state index contributed by atoms with van der Waals surface area (Å²) in [6.07, 6.45) is 3.87. The highest BCUT2D eigenvalue weighted by atomic mass is 16.2. The molecular formula is C19H23N5O2. The van der Waals surface area contributed by atoms with Gasteiger partial charge in [0, 0.05) is 32.4 Å². The summed E-state index contributed by atoms with van der Waals surface area (Å²) < 4.78 is 0. The van der Waals surface area contributed by atoms with Crippen molar-refractivity contribution < 1.29 is 9.59 Å². The van der Waals surface area contributed by atoms with E-state index in [1.807, 2.05) is 25.1 Å². The summed E-state index contributed by atoms with van der Waals surface area (Å²) in [6.45, 7) is 3.96. The Bertz CT molecular complexity index is 763. The Balaban J connectivity index is 1.64. The highest BCUT2D eigenvalue weighted by Gasteiger charge is 2.33. The minimum absolute atomic E-state index is 0.216. The molecule has 1 aromatic carbocycles. The Morgan fingerprint density at radius 3 is 2.58 bits per heavy atom. The lowest BCUT2D eigenvalue weighted by Gasteiger charge is -2.39. The first kappa shape index (κ1) is 18.0. The number of aryl methyl sites for hydroxylation is 1. The van der Waals surface area contributed by atoms with E-state index < -0.39 is 11.9 Å². The van der Waals surface area contributed by atoms with Crippen LogP contribution in [0.25, 0.3) is 0 Å². The number of hydrogen-bond donors (Lipinski definition) is 1. The third-order valence-corrected chi connectivity index (χ3v) is 4.64. The molecule has 0 aliphatic carbocycles. The van der Waals surface area contributed by atoms with Gasteiger partial charge in [-0.3, -0.25) is 19.5 Å². The van der Waals surface area contributed by atoms with Crippen molar-refractivity contribution >= 4 is 11.8 Å². The topological polar surface area (TPSA) is 92.4 Å². The molecule has 1 aliphatic heterocycles. The smallest absolute Gasteiger partial charge is 0.274 e. The Hall–Kier alpha value is -2.80. The molecule has 7 nitrogen and oxygen atoms in total. The lowest BCUT2D eigenvalue weighted by Crippen LogP contribution is -2.59. The minimum Gasteiger partial charge on any atom is -0.368 e. The van der Waals surface area contributed by atoms with Crippen molar-refractivity contribution in [1.29, 1.82) is 0 Å². The maximum Gasteiger partial charge on any atom is 0.274 e. The molecular weight excluding hydrogens is 330 g/mol. The maximum atomic E-state index is 12.6. The Morgan fingerprint density at radius 1 is 1.15 bits per heavy atom. The average molecular weight is 353 g/mol. The quantitative estimate of drug-likeness (QED) is 0.851. The molecule has 1 aliphatic rings. The van der Waals surface area contributed by atoms with Gasteiger partial charge >= 0.3 is 0 Å². The van der Waals surface area contributed by atoms with Crippen molar-refractivity contribution in [1.82, 2.24) is 19.8 Å². The fourth-order valence-corrected chi connectivity index (χ4v) is 3.12. The SMILES string of the molecule is Cc1cnc(C(=O)N2CCN(CCc3ccccc3)C(C(N)=O)C2)cn1. The molecule has 0 bridgehead atoms. The van der Waals surface area contributed by atoms with Crippen molar-refractivity contribution in [2.75, 3.05) is 26.2 Å². The van der Waals surface area contributed by atoms with Gasteiger partial charge in [-0.15, -0.1) is 0 Å². The summed E-state index contributed by atoms with van der Waals surface area (Å²) in [6, 6.07) is 9.62. The standard InChI is InChI=1S/C19H23N5O2/c1-14-11-22-16(12-21-14)19(26)24-10-9-23(17(13-24)18(20)25)8-7-15-5-3-2-4-6-15/h2-6,11-12,17H,7-10,13H2,1H3,(H2,20,25). The monoisotopic (exact) mass is 353 g/mol. The maximum absolute atomic E-state index is 12.6. The van der Waals surface area contributed by atoms with Gasteiger partial charge in [-0.05, 0) is 18.9 Å². The van der Waals surface area contributed by atoms with E-state index >= 15 is 0 Å². The van der Waals surface area contributed by atoms with Crippen molar-refractivity contribution in [3.05, 3.63) is 59.7 Å². The number of aromatic nitrogens is 2. The van der Waals surface area contributed by atoms with E-state index in [0.29, 0.717) is 13.1 Å². The van der Waals surface area contributed by atoms with Crippen molar-refractivity contribution in [3.63, 3.8) is 0 Å². The second-order valence-corrected chi connectivity index (χ2v) is 6.48. The molecule has 1 saturated heterocycles. The molecule has 3 rings (SSSR count). The Morgan fingerprint density at radius 2 is 1.92 bits per heavy atom. The average Bonchev–Trinajstić information content (AvgIpc) is 2.67. The van der Waals surface area contributed by atoms with Crippen LogP contribution in [0, 0.1) is 6.92 Å². The van der Waals surface area contributed by atoms with Gasteiger partial charge in [-0.2, -0.15) is 0 Å². The third-order valence-electron chi connectivity index (χ3n) is 4.64. The molecule has 7 heteroatoms. The lowest BCUT2D eigenvalue weighted by atomic mass is 10.1. The zero-order chi connectivity index (χ0) is 18.5. The first-order valence-corrected chi connectivity index (χ1v) is 8.70. The first-order valence-electron chi connectivity index (χ1n) is 8.70. The van der Waals surface area contributed by atoms with E-state index in [-0.39, 0.29) is 18.1 Å². The number of benzene rings is 1. The van der Waals surface area contributed by atoms with Gasteiger partial charge in [0.1, 0.15) is 11.7 Å². The van der Waals surface area contributed by atoms with Crippen molar-refractivity contribution in [3.8, 4) is 0 Å². The highest BCUT2D eigenvalue weighted by Crippen LogP contribution is 2.14. The van der Waals surface area contributed by atoms with E-state index in [1.165, 1.54) is 11.8 Å². The number of carbonyl (C=O) groups excluding carboxylic acids is 2. The van der Waals surface area contributed by atoms with Gasteiger partial charge in [-0.1, -0.05) is 30.3 Å². The molecule has 2 heterocycles. The number of primary amides is 1. The normalized spacial score (nSPS) is 17.9. The predicted molar refractivity (Wildman–Crippen MR) is 97.4 cm³/mol. The number of nitrogens with zero attached hydrogens (tertiary/aromatic N) is 4. The molecule has 1 fully saturated rings. The molecule has 0 spiro atoms. The van der Waals surface area contributed by atoms with Gasteiger partial charge in [0.15, 0.2) is 0 Å². The van der Waals surface area contributed by atoms with E-state index in [0.717, 1.165) is 18.7 Å². The summed E-state index contributed by atoms with van der Waals surface area (Å²) in [5.41, 5.74) is 7.85. The molecule has 136 valence electrons. The second kappa shape index (κ2) is 8.05. The molecule has 26 heavy (non-hydrogen) atoms. The number of amides is 2. The van der Waals surface area contributed by atoms with E-state index in [1.54, 1.807) is 11.1 Å². The summed E-state index contributed by atoms with van der Waals surface area (Å²) in [7, 11) is 0. The molecule has 2 amide bonds. The van der Waals surface area contributed by atoms with Crippen LogP contribution in [0.3, 0.4) is 0 Å². The molecule has 2 N–H and O–H groups in total. The van der Waals surface area contributed by atoms with Crippen molar-refractivity contribution in [2.45, 2.75) is 19.4 Å². The second-order valence-electron chi connectivity index (χ2n) is 6.48. The highest BCUT2D eigenvalue weighted by molar-refractivity contribution is 5.92. The van der Waals surface area contributed by atoms with Crippen LogP contribution >= 0.6 is 0 Å². The minimum atomic E-state index is -0.491. The van der Waals surface area contributed by atoms with Crippen LogP contribution in [0.4, 0.5) is 0 Å². The summed E-state index contributed by atoms with van der Waals surface area (Å²) in [5.74, 6) is -0.628. The van der Waals surface area contributed by atoms with E-state index in [2.05, 4.69) is 27.0 Å². The van der Waals surface area contributed by atoms with E-state index in [9.17, 15) is 9.59 Å². The van der Waals surface area contributed by atoms with Crippen molar-refractivity contribution in [2.24, 2.45) is 5.73 Å². The molecule has 1 unspecified atom stereocenters. The summed E-state index contributed by atoms with van der Waals surface area (Å²) >= 11 is 0. The van der Waals surface area contributed by atoms with Gasteiger partial charge < -0.3 is 10.6 Å². The van der Waals surface area contributed by atoms with Crippen LogP contribution in [-0.4, -0.2) is 63.8 Å². The Labute approximate surface area is 152 Å². The largest absolute Gasteiger partial charge is 0.368 e. The number of piperazine rings is 1. The fourth-order valence-electron chi connectivity index (χ4n) is 3.12. The van der Waals surface area contributed by atoms with Crippen LogP contribution < -0.4 is 5.73 Å². The first-order chi connectivity index (χ1) is 12.5. The number of hydrogen-bond acceptors (Lipinski definition) is 5. The van der Waals surface area contributed by atoms with E-state index in [4.69, 9.17) is 5.73 Å².